The van der Waals surface area contributed by atoms with Crippen LogP contribution in [0.1, 0.15) is 34.0 Å². The van der Waals surface area contributed by atoms with Crippen molar-refractivity contribution in [2.24, 2.45) is 0 Å². The first-order chi connectivity index (χ1) is 10.0. The van der Waals surface area contributed by atoms with Crippen LogP contribution >= 0.6 is 0 Å². The van der Waals surface area contributed by atoms with E-state index < -0.39 is 0 Å². The van der Waals surface area contributed by atoms with Crippen LogP contribution in [-0.4, -0.2) is 12.5 Å². The summed E-state index contributed by atoms with van der Waals surface area (Å²) in [6.45, 7) is 9.01. The predicted molar refractivity (Wildman–Crippen MR) is 89.2 cm³/mol. The van der Waals surface area contributed by atoms with E-state index in [2.05, 4.69) is 29.7 Å². The van der Waals surface area contributed by atoms with Crippen molar-refractivity contribution in [1.29, 1.82) is 0 Å². The van der Waals surface area contributed by atoms with Crippen LogP contribution in [0.3, 0.4) is 0 Å². The molecule has 0 unspecified atom stereocenters. The summed E-state index contributed by atoms with van der Waals surface area (Å²) in [4.78, 5) is 12.3. The van der Waals surface area contributed by atoms with Crippen LogP contribution < -0.4 is 10.6 Å². The fourth-order valence-electron chi connectivity index (χ4n) is 2.51. The Bertz CT molecular complexity index is 622. The van der Waals surface area contributed by atoms with Crippen molar-refractivity contribution in [2.45, 2.75) is 27.7 Å². The van der Waals surface area contributed by atoms with Gasteiger partial charge in [-0.1, -0.05) is 17.7 Å². The van der Waals surface area contributed by atoms with Crippen molar-refractivity contribution in [3.63, 3.8) is 0 Å². The van der Waals surface area contributed by atoms with Gasteiger partial charge in [-0.15, -0.1) is 0 Å². The SMILES string of the molecule is CCNc1ccc(C(=O)Nc2c(C)cc(C)cc2C)cc1. The number of anilines is 2. The minimum absolute atomic E-state index is 0.0758. The van der Waals surface area contributed by atoms with Crippen LogP contribution in [0.25, 0.3) is 0 Å². The number of aryl methyl sites for hydroxylation is 3. The van der Waals surface area contributed by atoms with Crippen molar-refractivity contribution in [2.75, 3.05) is 17.2 Å². The molecule has 0 radical (unpaired) electrons. The minimum atomic E-state index is -0.0758. The van der Waals surface area contributed by atoms with Crippen LogP contribution in [0.4, 0.5) is 11.4 Å². The van der Waals surface area contributed by atoms with Crippen LogP contribution in [0.5, 0.6) is 0 Å². The van der Waals surface area contributed by atoms with Crippen LogP contribution in [-0.2, 0) is 0 Å². The largest absolute Gasteiger partial charge is 0.385 e. The molecule has 0 aliphatic rings. The van der Waals surface area contributed by atoms with Gasteiger partial charge < -0.3 is 10.6 Å². The monoisotopic (exact) mass is 282 g/mol. The third-order valence-corrected chi connectivity index (χ3v) is 3.44. The second kappa shape index (κ2) is 6.44. The number of rotatable bonds is 4. The van der Waals surface area contributed by atoms with Crippen LogP contribution in [0.15, 0.2) is 36.4 Å². The Kier molecular flexibility index (Phi) is 4.63. The maximum absolute atomic E-state index is 12.3. The topological polar surface area (TPSA) is 41.1 Å². The van der Waals surface area contributed by atoms with Crippen LogP contribution in [0.2, 0.25) is 0 Å². The molecule has 2 N–H and O–H groups in total. The first kappa shape index (κ1) is 15.1. The molecule has 0 bridgehead atoms. The Morgan fingerprint density at radius 1 is 1.00 bits per heavy atom. The average Bonchev–Trinajstić information content (AvgIpc) is 2.43. The van der Waals surface area contributed by atoms with Gasteiger partial charge >= 0.3 is 0 Å². The fourth-order valence-corrected chi connectivity index (χ4v) is 2.51. The smallest absolute Gasteiger partial charge is 0.255 e. The van der Waals surface area contributed by atoms with Gasteiger partial charge in [0.2, 0.25) is 0 Å². The van der Waals surface area contributed by atoms with E-state index in [9.17, 15) is 4.79 Å². The molecule has 2 rings (SSSR count). The van der Waals surface area contributed by atoms with E-state index in [4.69, 9.17) is 0 Å². The molecule has 21 heavy (non-hydrogen) atoms. The van der Waals surface area contributed by atoms with Crippen molar-refractivity contribution in [3.05, 3.63) is 58.7 Å². The van der Waals surface area contributed by atoms with Gasteiger partial charge in [-0.3, -0.25) is 4.79 Å². The van der Waals surface area contributed by atoms with E-state index in [-0.39, 0.29) is 5.91 Å². The molecule has 0 saturated carbocycles. The maximum atomic E-state index is 12.3. The zero-order valence-corrected chi connectivity index (χ0v) is 13.1. The molecule has 2 aromatic carbocycles. The molecule has 2 aromatic rings. The number of benzene rings is 2. The highest BCUT2D eigenvalue weighted by Crippen LogP contribution is 2.22. The van der Waals surface area contributed by atoms with Gasteiger partial charge in [-0.2, -0.15) is 0 Å². The number of amides is 1. The quantitative estimate of drug-likeness (QED) is 0.878. The summed E-state index contributed by atoms with van der Waals surface area (Å²) >= 11 is 0. The predicted octanol–water partition coefficient (Wildman–Crippen LogP) is 4.30. The van der Waals surface area contributed by atoms with E-state index in [1.54, 1.807) is 0 Å². The number of carbonyl (C=O) groups is 1. The van der Waals surface area contributed by atoms with Gasteiger partial charge in [0.25, 0.3) is 5.91 Å². The van der Waals surface area contributed by atoms with Gasteiger partial charge in [0.05, 0.1) is 0 Å². The van der Waals surface area contributed by atoms with Gasteiger partial charge in [0.15, 0.2) is 0 Å². The number of nitrogens with one attached hydrogen (secondary N) is 2. The molecule has 0 fully saturated rings. The molecule has 110 valence electrons. The molecule has 0 saturated heterocycles. The highest BCUT2D eigenvalue weighted by Gasteiger charge is 2.10. The van der Waals surface area contributed by atoms with Crippen molar-refractivity contribution < 1.29 is 4.79 Å². The van der Waals surface area contributed by atoms with Crippen molar-refractivity contribution >= 4 is 17.3 Å². The molecule has 1 amide bonds. The molecular weight excluding hydrogens is 260 g/mol. The van der Waals surface area contributed by atoms with E-state index >= 15 is 0 Å². The number of hydrogen-bond acceptors (Lipinski definition) is 2. The lowest BCUT2D eigenvalue weighted by molar-refractivity contribution is 0.102. The second-order valence-electron chi connectivity index (χ2n) is 5.34. The van der Waals surface area contributed by atoms with E-state index in [1.807, 2.05) is 45.0 Å². The Labute approximate surface area is 126 Å². The summed E-state index contributed by atoms with van der Waals surface area (Å²) in [5, 5.41) is 6.23. The first-order valence-electron chi connectivity index (χ1n) is 7.24. The summed E-state index contributed by atoms with van der Waals surface area (Å²) in [7, 11) is 0. The summed E-state index contributed by atoms with van der Waals surface area (Å²) in [6, 6.07) is 11.7. The second-order valence-corrected chi connectivity index (χ2v) is 5.34. The summed E-state index contributed by atoms with van der Waals surface area (Å²) in [5.74, 6) is -0.0758. The van der Waals surface area contributed by atoms with Gasteiger partial charge in [0, 0.05) is 23.5 Å². The average molecular weight is 282 g/mol. The van der Waals surface area contributed by atoms with Gasteiger partial charge in [-0.05, 0) is 63.1 Å². The standard InChI is InChI=1S/C18H22N2O/c1-5-19-16-8-6-15(7-9-16)18(21)20-17-13(3)10-12(2)11-14(17)4/h6-11,19H,5H2,1-4H3,(H,20,21). The third kappa shape index (κ3) is 3.63. The normalized spacial score (nSPS) is 10.3. The zero-order valence-electron chi connectivity index (χ0n) is 13.1. The number of carbonyl (C=O) groups excluding carboxylic acids is 1. The van der Waals surface area contributed by atoms with Gasteiger partial charge in [0.1, 0.15) is 0 Å². The third-order valence-electron chi connectivity index (χ3n) is 3.44. The fraction of sp³-hybridized carbons (Fsp3) is 0.278. The molecule has 3 heteroatoms. The highest BCUT2D eigenvalue weighted by atomic mass is 16.1. The summed E-state index contributed by atoms with van der Waals surface area (Å²) in [6.07, 6.45) is 0. The van der Waals surface area contributed by atoms with Crippen molar-refractivity contribution in [1.82, 2.24) is 0 Å². The molecule has 0 aliphatic carbocycles. The van der Waals surface area contributed by atoms with Crippen LogP contribution in [0, 0.1) is 20.8 Å². The molecule has 0 aromatic heterocycles. The Hall–Kier alpha value is -2.29. The molecule has 0 heterocycles. The Morgan fingerprint density at radius 3 is 2.10 bits per heavy atom. The highest BCUT2D eigenvalue weighted by molar-refractivity contribution is 6.05. The first-order valence-corrected chi connectivity index (χ1v) is 7.24. The summed E-state index contributed by atoms with van der Waals surface area (Å²) < 4.78 is 0. The Balaban J connectivity index is 2.18. The summed E-state index contributed by atoms with van der Waals surface area (Å²) in [5.41, 5.74) is 5.97. The minimum Gasteiger partial charge on any atom is -0.385 e. The molecule has 0 atom stereocenters. The lowest BCUT2D eigenvalue weighted by Gasteiger charge is -2.13. The molecule has 3 nitrogen and oxygen atoms in total. The molecule has 0 aliphatic heterocycles. The zero-order chi connectivity index (χ0) is 15.4. The molecule has 0 spiro atoms. The van der Waals surface area contributed by atoms with Gasteiger partial charge in [-0.25, -0.2) is 0 Å². The van der Waals surface area contributed by atoms with Crippen molar-refractivity contribution in [3.8, 4) is 0 Å². The number of hydrogen-bond donors (Lipinski definition) is 2. The maximum Gasteiger partial charge on any atom is 0.255 e. The van der Waals surface area contributed by atoms with E-state index in [0.717, 1.165) is 29.0 Å². The Morgan fingerprint density at radius 2 is 1.57 bits per heavy atom. The molecular formula is C18H22N2O. The van der Waals surface area contributed by atoms with E-state index in [1.165, 1.54) is 5.56 Å². The lowest BCUT2D eigenvalue weighted by Crippen LogP contribution is -2.14. The van der Waals surface area contributed by atoms with E-state index in [0.29, 0.717) is 5.56 Å². The lowest BCUT2D eigenvalue weighted by atomic mass is 10.0.